The Morgan fingerprint density at radius 2 is 1.88 bits per heavy atom. The smallest absolute Gasteiger partial charge is 0.191 e. The lowest BCUT2D eigenvalue weighted by atomic mass is 10.2. The molecule has 0 aliphatic carbocycles. The van der Waals surface area contributed by atoms with Crippen molar-refractivity contribution in [1.82, 2.24) is 20.2 Å². The first-order valence-corrected chi connectivity index (χ1v) is 7.76. The van der Waals surface area contributed by atoms with Crippen LogP contribution in [0.25, 0.3) is 11.0 Å². The van der Waals surface area contributed by atoms with Crippen LogP contribution in [0.5, 0.6) is 0 Å². The zero-order valence-electron chi connectivity index (χ0n) is 14.2. The molecule has 0 aliphatic rings. The van der Waals surface area contributed by atoms with Crippen LogP contribution in [0.3, 0.4) is 0 Å². The van der Waals surface area contributed by atoms with Crippen LogP contribution in [0.15, 0.2) is 53.5 Å². The van der Waals surface area contributed by atoms with E-state index in [0.717, 1.165) is 22.4 Å². The van der Waals surface area contributed by atoms with Gasteiger partial charge in [0, 0.05) is 20.6 Å². The number of para-hydroxylation sites is 2. The van der Waals surface area contributed by atoms with Gasteiger partial charge in [-0.25, -0.2) is 9.37 Å². The van der Waals surface area contributed by atoms with Crippen molar-refractivity contribution in [1.29, 1.82) is 0 Å². The van der Waals surface area contributed by atoms with Crippen LogP contribution >= 0.6 is 24.0 Å². The molecule has 0 bridgehead atoms. The van der Waals surface area contributed by atoms with E-state index in [-0.39, 0.29) is 29.8 Å². The van der Waals surface area contributed by atoms with Crippen LogP contribution in [0.4, 0.5) is 4.39 Å². The van der Waals surface area contributed by atoms with Crippen molar-refractivity contribution in [2.24, 2.45) is 12.0 Å². The first kappa shape index (κ1) is 19.2. The summed E-state index contributed by atoms with van der Waals surface area (Å²) in [6, 6.07) is 14.5. The van der Waals surface area contributed by atoms with Gasteiger partial charge in [0.05, 0.1) is 17.6 Å². The summed E-state index contributed by atoms with van der Waals surface area (Å²) in [6.45, 7) is 1.05. The highest BCUT2D eigenvalue weighted by atomic mass is 127. The molecule has 0 radical (unpaired) electrons. The molecule has 25 heavy (non-hydrogen) atoms. The molecule has 0 unspecified atom stereocenters. The maximum absolute atomic E-state index is 13.2. The van der Waals surface area contributed by atoms with Crippen LogP contribution < -0.4 is 10.6 Å². The number of nitrogens with zero attached hydrogens (tertiary/aromatic N) is 3. The van der Waals surface area contributed by atoms with E-state index in [1.165, 1.54) is 12.1 Å². The number of hydrogen-bond acceptors (Lipinski definition) is 2. The monoisotopic (exact) mass is 453 g/mol. The third kappa shape index (κ3) is 4.68. The average molecular weight is 453 g/mol. The number of aliphatic imine (C=N–C) groups is 1. The summed E-state index contributed by atoms with van der Waals surface area (Å²) in [4.78, 5) is 8.80. The molecule has 7 heteroatoms. The second-order valence-electron chi connectivity index (χ2n) is 5.49. The molecular weight excluding hydrogens is 432 g/mol. The molecule has 1 aromatic heterocycles. The molecule has 132 valence electrons. The number of imidazole rings is 1. The molecule has 2 N–H and O–H groups in total. The lowest BCUT2D eigenvalue weighted by Crippen LogP contribution is -2.36. The van der Waals surface area contributed by atoms with Crippen LogP contribution in [0.2, 0.25) is 0 Å². The minimum atomic E-state index is -0.239. The molecular formula is C18H21FIN5. The van der Waals surface area contributed by atoms with E-state index in [2.05, 4.69) is 25.2 Å². The van der Waals surface area contributed by atoms with Crippen molar-refractivity contribution >= 4 is 41.0 Å². The van der Waals surface area contributed by atoms with E-state index >= 15 is 0 Å². The normalized spacial score (nSPS) is 11.2. The predicted molar refractivity (Wildman–Crippen MR) is 110 cm³/mol. The topological polar surface area (TPSA) is 54.2 Å². The van der Waals surface area contributed by atoms with E-state index < -0.39 is 0 Å². The summed E-state index contributed by atoms with van der Waals surface area (Å²) in [6.07, 6.45) is 0. The fourth-order valence-electron chi connectivity index (χ4n) is 2.57. The summed E-state index contributed by atoms with van der Waals surface area (Å²) in [7, 11) is 3.70. The maximum Gasteiger partial charge on any atom is 0.191 e. The summed E-state index contributed by atoms with van der Waals surface area (Å²) in [5.41, 5.74) is 2.93. The Balaban J connectivity index is 0.00000225. The Kier molecular flexibility index (Phi) is 6.74. The van der Waals surface area contributed by atoms with Crippen molar-refractivity contribution < 1.29 is 4.39 Å². The van der Waals surface area contributed by atoms with Gasteiger partial charge in [-0.3, -0.25) is 4.99 Å². The minimum Gasteiger partial charge on any atom is -0.352 e. The number of guanidine groups is 1. The Labute approximate surface area is 163 Å². The van der Waals surface area contributed by atoms with Gasteiger partial charge in [0.15, 0.2) is 5.96 Å². The second kappa shape index (κ2) is 8.80. The van der Waals surface area contributed by atoms with E-state index in [0.29, 0.717) is 19.0 Å². The zero-order chi connectivity index (χ0) is 16.9. The van der Waals surface area contributed by atoms with Gasteiger partial charge in [-0.1, -0.05) is 24.3 Å². The van der Waals surface area contributed by atoms with Gasteiger partial charge in [-0.15, -0.1) is 24.0 Å². The van der Waals surface area contributed by atoms with Crippen molar-refractivity contribution in [2.45, 2.75) is 13.1 Å². The number of aromatic nitrogens is 2. The van der Waals surface area contributed by atoms with Gasteiger partial charge in [-0.2, -0.15) is 0 Å². The van der Waals surface area contributed by atoms with Crippen molar-refractivity contribution in [3.05, 3.63) is 65.7 Å². The van der Waals surface area contributed by atoms with Crippen molar-refractivity contribution in [2.75, 3.05) is 7.05 Å². The highest BCUT2D eigenvalue weighted by molar-refractivity contribution is 14.0. The van der Waals surface area contributed by atoms with E-state index in [1.54, 1.807) is 13.1 Å². The lowest BCUT2D eigenvalue weighted by molar-refractivity contribution is 0.624. The molecule has 0 fully saturated rings. The summed E-state index contributed by atoms with van der Waals surface area (Å²) >= 11 is 0. The van der Waals surface area contributed by atoms with Crippen LogP contribution in [-0.4, -0.2) is 22.6 Å². The lowest BCUT2D eigenvalue weighted by Gasteiger charge is -2.12. The number of nitrogens with one attached hydrogen (secondary N) is 2. The molecule has 0 saturated carbocycles. The number of hydrogen-bond donors (Lipinski definition) is 2. The largest absolute Gasteiger partial charge is 0.352 e. The first-order chi connectivity index (χ1) is 11.7. The van der Waals surface area contributed by atoms with Gasteiger partial charge >= 0.3 is 0 Å². The fraction of sp³-hybridized carbons (Fsp3) is 0.222. The molecule has 0 amide bonds. The quantitative estimate of drug-likeness (QED) is 0.363. The Hall–Kier alpha value is -2.16. The zero-order valence-corrected chi connectivity index (χ0v) is 16.5. The number of aryl methyl sites for hydroxylation is 1. The SMILES string of the molecule is CN=C(NCc1cccc(F)c1)NCc1nc2ccccc2n1C.I. The summed E-state index contributed by atoms with van der Waals surface area (Å²) in [5.74, 6) is 1.33. The third-order valence-corrected chi connectivity index (χ3v) is 3.87. The molecule has 0 atom stereocenters. The highest BCUT2D eigenvalue weighted by Gasteiger charge is 2.07. The molecule has 5 nitrogen and oxygen atoms in total. The van der Waals surface area contributed by atoms with E-state index in [1.807, 2.05) is 37.4 Å². The van der Waals surface area contributed by atoms with E-state index in [9.17, 15) is 4.39 Å². The third-order valence-electron chi connectivity index (χ3n) is 3.87. The molecule has 2 aromatic carbocycles. The van der Waals surface area contributed by atoms with Gasteiger partial charge in [0.1, 0.15) is 11.6 Å². The average Bonchev–Trinajstić information content (AvgIpc) is 2.92. The Morgan fingerprint density at radius 1 is 1.12 bits per heavy atom. The number of benzene rings is 2. The maximum atomic E-state index is 13.2. The Morgan fingerprint density at radius 3 is 2.60 bits per heavy atom. The number of rotatable bonds is 4. The van der Waals surface area contributed by atoms with Gasteiger partial charge in [0.2, 0.25) is 0 Å². The van der Waals surface area contributed by atoms with Gasteiger partial charge in [-0.05, 0) is 29.8 Å². The van der Waals surface area contributed by atoms with Crippen LogP contribution in [0, 0.1) is 5.82 Å². The number of fused-ring (bicyclic) bond motifs is 1. The first-order valence-electron chi connectivity index (χ1n) is 7.76. The Bertz CT molecular complexity index is 875. The summed E-state index contributed by atoms with van der Waals surface area (Å²) < 4.78 is 15.3. The van der Waals surface area contributed by atoms with E-state index in [4.69, 9.17) is 0 Å². The summed E-state index contributed by atoms with van der Waals surface area (Å²) in [5, 5.41) is 6.41. The highest BCUT2D eigenvalue weighted by Crippen LogP contribution is 2.13. The molecule has 3 rings (SSSR count). The molecule has 0 spiro atoms. The number of halogens is 2. The van der Waals surface area contributed by atoms with Gasteiger partial charge < -0.3 is 15.2 Å². The van der Waals surface area contributed by atoms with Crippen LogP contribution in [-0.2, 0) is 20.1 Å². The standard InChI is InChI=1S/C18H20FN5.HI/c1-20-18(21-11-13-6-5-7-14(19)10-13)22-12-17-23-15-8-3-4-9-16(15)24(17)2;/h3-10H,11-12H2,1-2H3,(H2,20,21,22);1H. The fourth-order valence-corrected chi connectivity index (χ4v) is 2.57. The molecule has 1 heterocycles. The minimum absolute atomic E-state index is 0. The van der Waals surface area contributed by atoms with Crippen molar-refractivity contribution in [3.63, 3.8) is 0 Å². The molecule has 0 saturated heterocycles. The van der Waals surface area contributed by atoms with Crippen LogP contribution in [0.1, 0.15) is 11.4 Å². The second-order valence-corrected chi connectivity index (χ2v) is 5.49. The predicted octanol–water partition coefficient (Wildman–Crippen LogP) is 3.20. The molecule has 0 aliphatic heterocycles. The van der Waals surface area contributed by atoms with Crippen molar-refractivity contribution in [3.8, 4) is 0 Å². The van der Waals surface area contributed by atoms with Gasteiger partial charge in [0.25, 0.3) is 0 Å². The molecule has 3 aromatic rings.